The molecule has 154 valence electrons. The van der Waals surface area contributed by atoms with Crippen molar-refractivity contribution in [1.29, 1.82) is 0 Å². The maximum atomic E-state index is 13.4. The molecule has 1 fully saturated rings. The largest absolute Gasteiger partial charge is 0.497 e. The van der Waals surface area contributed by atoms with E-state index in [4.69, 9.17) is 14.2 Å². The minimum atomic E-state index is -4.64. The summed E-state index contributed by atoms with van der Waals surface area (Å²) >= 11 is 0. The highest BCUT2D eigenvalue weighted by Crippen LogP contribution is 2.36. The molecule has 1 aliphatic rings. The molecule has 7 nitrogen and oxygen atoms in total. The molecule has 0 radical (unpaired) electrons. The third-order valence-electron chi connectivity index (χ3n) is 4.44. The molecule has 0 spiro atoms. The Morgan fingerprint density at radius 3 is 2.57 bits per heavy atom. The zero-order valence-corrected chi connectivity index (χ0v) is 15.1. The number of nitrogens with zero attached hydrogens (tertiary/aromatic N) is 1. The molecular formula is C18H21F3N2O5. The van der Waals surface area contributed by atoms with Crippen LogP contribution in [0.3, 0.4) is 0 Å². The molecule has 10 heteroatoms. The van der Waals surface area contributed by atoms with Crippen LogP contribution in [0.4, 0.5) is 13.2 Å². The number of H-pyrrole nitrogens is 1. The normalized spacial score (nSPS) is 22.9. The number of ether oxygens (including phenoxy) is 3. The van der Waals surface area contributed by atoms with Gasteiger partial charge < -0.3 is 24.4 Å². The van der Waals surface area contributed by atoms with E-state index in [0.717, 1.165) is 0 Å². The molecule has 3 rings (SSSR count). The van der Waals surface area contributed by atoms with Crippen LogP contribution in [-0.4, -0.2) is 52.6 Å². The monoisotopic (exact) mass is 402 g/mol. The van der Waals surface area contributed by atoms with Crippen molar-refractivity contribution in [1.82, 2.24) is 10.2 Å². The maximum Gasteiger partial charge on any atom is 0.433 e. The van der Waals surface area contributed by atoms with E-state index in [2.05, 4.69) is 5.10 Å². The number of aliphatic hydroxyl groups excluding tert-OH is 2. The van der Waals surface area contributed by atoms with Gasteiger partial charge in [0.25, 0.3) is 0 Å². The summed E-state index contributed by atoms with van der Waals surface area (Å²) in [5.41, 5.74) is -0.564. The molecular weight excluding hydrogens is 381 g/mol. The predicted octanol–water partition coefficient (Wildman–Crippen LogP) is 2.26. The zero-order valence-electron chi connectivity index (χ0n) is 15.1. The molecule has 28 heavy (non-hydrogen) atoms. The van der Waals surface area contributed by atoms with Crippen molar-refractivity contribution in [2.24, 2.45) is 0 Å². The second-order valence-corrected chi connectivity index (χ2v) is 6.52. The molecule has 3 atom stereocenters. The summed E-state index contributed by atoms with van der Waals surface area (Å²) in [6, 6.07) is 6.60. The highest BCUT2D eigenvalue weighted by molar-refractivity contribution is 5.39. The van der Waals surface area contributed by atoms with E-state index in [1.165, 1.54) is 7.11 Å². The number of halogens is 3. The number of aliphatic hydroxyl groups is 2. The Kier molecular flexibility index (Phi) is 6.11. The minimum absolute atomic E-state index is 0.0622. The number of aromatic amines is 1. The fraction of sp³-hybridized carbons (Fsp3) is 0.500. The van der Waals surface area contributed by atoms with Gasteiger partial charge in [0, 0.05) is 19.3 Å². The molecule has 0 saturated carbocycles. The molecule has 3 N–H and O–H groups in total. The van der Waals surface area contributed by atoms with Crippen molar-refractivity contribution >= 4 is 0 Å². The molecule has 2 heterocycles. The van der Waals surface area contributed by atoms with Gasteiger partial charge in [0.15, 0.2) is 0 Å². The van der Waals surface area contributed by atoms with Crippen LogP contribution in [-0.2, 0) is 17.3 Å². The summed E-state index contributed by atoms with van der Waals surface area (Å²) in [4.78, 5) is 0. The van der Waals surface area contributed by atoms with E-state index < -0.39 is 30.4 Å². The van der Waals surface area contributed by atoms with Crippen molar-refractivity contribution in [2.75, 3.05) is 13.7 Å². The van der Waals surface area contributed by atoms with Crippen molar-refractivity contribution in [2.45, 2.75) is 43.9 Å². The number of alkyl halides is 3. The summed E-state index contributed by atoms with van der Waals surface area (Å²) in [5.74, 6) is 0.335. The van der Waals surface area contributed by atoms with Crippen molar-refractivity contribution in [3.63, 3.8) is 0 Å². The van der Waals surface area contributed by atoms with Gasteiger partial charge in [-0.1, -0.05) is 12.1 Å². The first kappa shape index (κ1) is 20.4. The van der Waals surface area contributed by atoms with Gasteiger partial charge in [-0.25, -0.2) is 0 Å². The molecule has 1 aromatic carbocycles. The van der Waals surface area contributed by atoms with Gasteiger partial charge in [-0.2, -0.15) is 13.2 Å². The van der Waals surface area contributed by atoms with E-state index in [1.807, 2.05) is 5.10 Å². The standard InChI is InChI=1S/C18H21F3N2O5/c1-26-12-4-2-10(3-5-12)6-14-16(18(19,20)21)22-23-17(14)28-15-8-11(25)7-13(9-24)27-15/h2-5,11,13,15,24-25H,6-9H2,1H3,(H,22,23). The third kappa shape index (κ3) is 4.75. The third-order valence-corrected chi connectivity index (χ3v) is 4.44. The summed E-state index contributed by atoms with van der Waals surface area (Å²) in [7, 11) is 1.50. The molecule has 1 aliphatic heterocycles. The average molecular weight is 402 g/mol. The van der Waals surface area contributed by atoms with Crippen molar-refractivity contribution < 1.29 is 37.6 Å². The van der Waals surface area contributed by atoms with Crippen molar-refractivity contribution in [3.05, 3.63) is 41.1 Å². The summed E-state index contributed by atoms with van der Waals surface area (Å²) in [6.45, 7) is -0.329. The van der Waals surface area contributed by atoms with Gasteiger partial charge in [0.2, 0.25) is 12.2 Å². The lowest BCUT2D eigenvalue weighted by molar-refractivity contribution is -0.186. The van der Waals surface area contributed by atoms with E-state index in [1.54, 1.807) is 24.3 Å². The van der Waals surface area contributed by atoms with Crippen LogP contribution in [0.5, 0.6) is 11.6 Å². The number of rotatable bonds is 6. The smallest absolute Gasteiger partial charge is 0.433 e. The number of methoxy groups -OCH3 is 1. The van der Waals surface area contributed by atoms with Crippen LogP contribution >= 0.6 is 0 Å². The topological polar surface area (TPSA) is 96.8 Å². The summed E-state index contributed by atoms with van der Waals surface area (Å²) in [5, 5.41) is 24.7. The van der Waals surface area contributed by atoms with Gasteiger partial charge in [-0.15, -0.1) is 5.10 Å². The Labute approximate surface area is 159 Å². The maximum absolute atomic E-state index is 13.4. The number of nitrogens with one attached hydrogen (secondary N) is 1. The Morgan fingerprint density at radius 2 is 1.96 bits per heavy atom. The second kappa shape index (κ2) is 8.38. The first-order valence-corrected chi connectivity index (χ1v) is 8.68. The number of benzene rings is 1. The molecule has 2 aromatic rings. The van der Waals surface area contributed by atoms with Gasteiger partial charge in [0.1, 0.15) is 11.4 Å². The van der Waals surface area contributed by atoms with E-state index in [-0.39, 0.29) is 37.3 Å². The Balaban J connectivity index is 1.85. The number of hydrogen-bond donors (Lipinski definition) is 3. The van der Waals surface area contributed by atoms with E-state index in [9.17, 15) is 23.4 Å². The van der Waals surface area contributed by atoms with Crippen LogP contribution < -0.4 is 9.47 Å². The molecule has 1 saturated heterocycles. The first-order chi connectivity index (χ1) is 13.3. The average Bonchev–Trinajstić information content (AvgIpc) is 3.04. The van der Waals surface area contributed by atoms with Crippen LogP contribution in [0, 0.1) is 0 Å². The minimum Gasteiger partial charge on any atom is -0.497 e. The Hall–Kier alpha value is -2.30. The Bertz CT molecular complexity index is 779. The lowest BCUT2D eigenvalue weighted by atomic mass is 10.0. The quantitative estimate of drug-likeness (QED) is 0.686. The van der Waals surface area contributed by atoms with Gasteiger partial charge in [-0.3, -0.25) is 5.10 Å². The van der Waals surface area contributed by atoms with Gasteiger partial charge >= 0.3 is 6.18 Å². The van der Waals surface area contributed by atoms with Crippen LogP contribution in [0.25, 0.3) is 0 Å². The molecule has 3 unspecified atom stereocenters. The first-order valence-electron chi connectivity index (χ1n) is 8.68. The van der Waals surface area contributed by atoms with Crippen molar-refractivity contribution in [3.8, 4) is 11.6 Å². The zero-order chi connectivity index (χ0) is 20.3. The van der Waals surface area contributed by atoms with Crippen LogP contribution in [0.15, 0.2) is 24.3 Å². The summed E-state index contributed by atoms with van der Waals surface area (Å²) < 4.78 is 56.2. The van der Waals surface area contributed by atoms with Crippen LogP contribution in [0.2, 0.25) is 0 Å². The number of aromatic nitrogens is 2. The highest BCUT2D eigenvalue weighted by Gasteiger charge is 2.39. The SMILES string of the molecule is COc1ccc(Cc2c(OC3CC(O)CC(CO)O3)n[nH]c2C(F)(F)F)cc1. The highest BCUT2D eigenvalue weighted by atomic mass is 19.4. The lowest BCUT2D eigenvalue weighted by Gasteiger charge is -2.31. The fourth-order valence-corrected chi connectivity index (χ4v) is 3.06. The summed E-state index contributed by atoms with van der Waals surface area (Å²) in [6.07, 6.45) is -6.89. The fourth-order valence-electron chi connectivity index (χ4n) is 3.06. The molecule has 0 aliphatic carbocycles. The molecule has 1 aromatic heterocycles. The molecule has 0 amide bonds. The Morgan fingerprint density at radius 1 is 1.25 bits per heavy atom. The van der Waals surface area contributed by atoms with Crippen LogP contribution in [0.1, 0.15) is 29.7 Å². The molecule has 0 bridgehead atoms. The lowest BCUT2D eigenvalue weighted by Crippen LogP contribution is -2.40. The van der Waals surface area contributed by atoms with Gasteiger partial charge in [-0.05, 0) is 17.7 Å². The van der Waals surface area contributed by atoms with E-state index in [0.29, 0.717) is 11.3 Å². The second-order valence-electron chi connectivity index (χ2n) is 6.52. The van der Waals surface area contributed by atoms with E-state index >= 15 is 0 Å². The van der Waals surface area contributed by atoms with Gasteiger partial charge in [0.05, 0.1) is 31.5 Å². The predicted molar refractivity (Wildman–Crippen MR) is 91.0 cm³/mol. The number of hydrogen-bond acceptors (Lipinski definition) is 6.